The Morgan fingerprint density at radius 1 is 1.20 bits per heavy atom. The molecule has 0 heterocycles. The number of hydrogen-bond donors (Lipinski definition) is 1. The van der Waals surface area contributed by atoms with Gasteiger partial charge in [-0.05, 0) is 42.3 Å². The van der Waals surface area contributed by atoms with Gasteiger partial charge in [-0.1, -0.05) is 18.2 Å². The number of carbonyl (C=O) groups is 2. The zero-order valence-corrected chi connectivity index (χ0v) is 13.7. The number of Topliss-reactive ketones (excluding diaryl/α,β-unsaturated/α-hetero) is 1. The van der Waals surface area contributed by atoms with Crippen molar-refractivity contribution >= 4 is 17.4 Å². The fourth-order valence-electron chi connectivity index (χ4n) is 2.27. The zero-order chi connectivity index (χ0) is 18.2. The van der Waals surface area contributed by atoms with Gasteiger partial charge in [0.2, 0.25) is 5.91 Å². The fourth-order valence-corrected chi connectivity index (χ4v) is 2.27. The smallest absolute Gasteiger partial charge is 0.249 e. The number of aryl methyl sites for hydroxylation is 1. The summed E-state index contributed by atoms with van der Waals surface area (Å²) >= 11 is 0. The maximum Gasteiger partial charge on any atom is 0.249 e. The van der Waals surface area contributed by atoms with Crippen LogP contribution in [-0.4, -0.2) is 18.8 Å². The highest BCUT2D eigenvalue weighted by Gasteiger charge is 2.26. The SMILES string of the molecule is COc1ccc(NC(=O)C(C#N)C(=O)CCc2ccccc2F)cc1. The molecule has 0 fully saturated rings. The van der Waals surface area contributed by atoms with Crippen LogP contribution in [0.25, 0.3) is 0 Å². The van der Waals surface area contributed by atoms with E-state index in [1.165, 1.54) is 13.2 Å². The van der Waals surface area contributed by atoms with E-state index in [-0.39, 0.29) is 12.8 Å². The summed E-state index contributed by atoms with van der Waals surface area (Å²) in [5.74, 6) is -2.47. The maximum atomic E-state index is 13.6. The molecule has 0 spiro atoms. The second kappa shape index (κ2) is 8.60. The Balaban J connectivity index is 1.97. The first-order valence-corrected chi connectivity index (χ1v) is 7.66. The summed E-state index contributed by atoms with van der Waals surface area (Å²) in [4.78, 5) is 24.3. The summed E-state index contributed by atoms with van der Waals surface area (Å²) in [6.45, 7) is 0. The number of nitriles is 1. The van der Waals surface area contributed by atoms with Crippen molar-refractivity contribution in [2.45, 2.75) is 12.8 Å². The fraction of sp³-hybridized carbons (Fsp3) is 0.211. The van der Waals surface area contributed by atoms with Crippen LogP contribution in [0, 0.1) is 23.1 Å². The van der Waals surface area contributed by atoms with E-state index < -0.39 is 23.4 Å². The van der Waals surface area contributed by atoms with Crippen LogP contribution in [0.4, 0.5) is 10.1 Å². The number of ether oxygens (including phenoxy) is 1. The normalized spacial score (nSPS) is 11.2. The zero-order valence-electron chi connectivity index (χ0n) is 13.7. The lowest BCUT2D eigenvalue weighted by Gasteiger charge is -2.10. The van der Waals surface area contributed by atoms with E-state index in [1.807, 2.05) is 0 Å². The Labute approximate surface area is 145 Å². The highest BCUT2D eigenvalue weighted by Crippen LogP contribution is 2.17. The number of amides is 1. The largest absolute Gasteiger partial charge is 0.497 e. The third kappa shape index (κ3) is 4.88. The number of benzene rings is 2. The van der Waals surface area contributed by atoms with Crippen LogP contribution >= 0.6 is 0 Å². The lowest BCUT2D eigenvalue weighted by Crippen LogP contribution is -2.28. The topological polar surface area (TPSA) is 79.2 Å². The highest BCUT2D eigenvalue weighted by atomic mass is 19.1. The van der Waals surface area contributed by atoms with Crippen molar-refractivity contribution in [2.24, 2.45) is 5.92 Å². The van der Waals surface area contributed by atoms with Crippen LogP contribution in [0.5, 0.6) is 5.75 Å². The van der Waals surface area contributed by atoms with Gasteiger partial charge in [0.15, 0.2) is 11.7 Å². The number of anilines is 1. The van der Waals surface area contributed by atoms with Gasteiger partial charge in [-0.2, -0.15) is 5.26 Å². The van der Waals surface area contributed by atoms with E-state index >= 15 is 0 Å². The minimum atomic E-state index is -1.44. The number of halogens is 1. The lowest BCUT2D eigenvalue weighted by molar-refractivity contribution is -0.128. The molecule has 25 heavy (non-hydrogen) atoms. The summed E-state index contributed by atoms with van der Waals surface area (Å²) < 4.78 is 18.6. The molecule has 1 atom stereocenters. The van der Waals surface area contributed by atoms with E-state index in [4.69, 9.17) is 10.00 Å². The monoisotopic (exact) mass is 340 g/mol. The average molecular weight is 340 g/mol. The number of hydrogen-bond acceptors (Lipinski definition) is 4. The third-order valence-corrected chi connectivity index (χ3v) is 3.67. The van der Waals surface area contributed by atoms with E-state index in [0.29, 0.717) is 17.0 Å². The number of nitrogens with one attached hydrogen (secondary N) is 1. The van der Waals surface area contributed by atoms with Gasteiger partial charge in [-0.25, -0.2) is 4.39 Å². The molecule has 2 aromatic rings. The molecule has 0 radical (unpaired) electrons. The van der Waals surface area contributed by atoms with Gasteiger partial charge in [-0.3, -0.25) is 9.59 Å². The molecule has 0 aliphatic heterocycles. The predicted molar refractivity (Wildman–Crippen MR) is 90.5 cm³/mol. The molecule has 0 bridgehead atoms. The summed E-state index contributed by atoms with van der Waals surface area (Å²) in [6, 6.07) is 14.3. The molecule has 6 heteroatoms. The van der Waals surface area contributed by atoms with Gasteiger partial charge < -0.3 is 10.1 Å². The van der Waals surface area contributed by atoms with Gasteiger partial charge in [0, 0.05) is 12.1 Å². The number of rotatable bonds is 7. The van der Waals surface area contributed by atoms with Crippen molar-refractivity contribution in [2.75, 3.05) is 12.4 Å². The first-order valence-electron chi connectivity index (χ1n) is 7.66. The van der Waals surface area contributed by atoms with Crippen molar-refractivity contribution in [3.63, 3.8) is 0 Å². The second-order valence-electron chi connectivity index (χ2n) is 5.34. The van der Waals surface area contributed by atoms with Crippen molar-refractivity contribution in [3.8, 4) is 11.8 Å². The first kappa shape index (κ1) is 18.1. The average Bonchev–Trinajstić information content (AvgIpc) is 2.62. The van der Waals surface area contributed by atoms with Crippen LogP contribution in [0.15, 0.2) is 48.5 Å². The van der Waals surface area contributed by atoms with Crippen LogP contribution in [-0.2, 0) is 16.0 Å². The quantitative estimate of drug-likeness (QED) is 0.786. The maximum absolute atomic E-state index is 13.6. The minimum absolute atomic E-state index is 0.0881. The molecular weight excluding hydrogens is 323 g/mol. The van der Waals surface area contributed by atoms with Gasteiger partial charge in [0.1, 0.15) is 11.6 Å². The molecule has 5 nitrogen and oxygen atoms in total. The number of nitrogens with zero attached hydrogens (tertiary/aromatic N) is 1. The number of methoxy groups -OCH3 is 1. The van der Waals surface area contributed by atoms with Gasteiger partial charge >= 0.3 is 0 Å². The van der Waals surface area contributed by atoms with E-state index in [1.54, 1.807) is 48.5 Å². The summed E-state index contributed by atoms with van der Waals surface area (Å²) in [7, 11) is 1.52. The summed E-state index contributed by atoms with van der Waals surface area (Å²) in [5, 5.41) is 11.7. The molecule has 2 aromatic carbocycles. The molecule has 0 aliphatic carbocycles. The molecular formula is C19H17FN2O3. The Hall–Kier alpha value is -3.20. The molecule has 1 unspecified atom stereocenters. The molecule has 0 aromatic heterocycles. The molecule has 1 amide bonds. The molecule has 0 aliphatic rings. The first-order chi connectivity index (χ1) is 12.0. The van der Waals surface area contributed by atoms with E-state index in [9.17, 15) is 14.0 Å². The number of carbonyl (C=O) groups excluding carboxylic acids is 2. The molecule has 1 N–H and O–H groups in total. The molecule has 0 saturated carbocycles. The highest BCUT2D eigenvalue weighted by molar-refractivity contribution is 6.09. The standard InChI is InChI=1S/C19H17FN2O3/c1-25-15-9-7-14(8-10-15)22-19(24)16(12-21)18(23)11-6-13-4-2-3-5-17(13)20/h2-5,7-10,16H,6,11H2,1H3,(H,22,24). The Kier molecular flexibility index (Phi) is 6.24. The van der Waals surface area contributed by atoms with Crippen molar-refractivity contribution < 1.29 is 18.7 Å². The molecule has 2 rings (SSSR count). The molecule has 128 valence electrons. The van der Waals surface area contributed by atoms with Crippen molar-refractivity contribution in [1.82, 2.24) is 0 Å². The minimum Gasteiger partial charge on any atom is -0.497 e. The van der Waals surface area contributed by atoms with E-state index in [2.05, 4.69) is 5.32 Å². The predicted octanol–water partition coefficient (Wildman–Crippen LogP) is 3.11. The van der Waals surface area contributed by atoms with E-state index in [0.717, 1.165) is 0 Å². The number of ketones is 1. The summed E-state index contributed by atoms with van der Waals surface area (Å²) in [6.07, 6.45) is 0.0503. The van der Waals surface area contributed by atoms with Crippen molar-refractivity contribution in [1.29, 1.82) is 5.26 Å². The Morgan fingerprint density at radius 3 is 2.48 bits per heavy atom. The summed E-state index contributed by atoms with van der Waals surface area (Å²) in [5.41, 5.74) is 0.830. The van der Waals surface area contributed by atoms with Crippen molar-refractivity contribution in [3.05, 3.63) is 59.9 Å². The van der Waals surface area contributed by atoms with Crippen LogP contribution in [0.3, 0.4) is 0 Å². The van der Waals surface area contributed by atoms with Crippen LogP contribution < -0.4 is 10.1 Å². The van der Waals surface area contributed by atoms with Crippen LogP contribution in [0.2, 0.25) is 0 Å². The van der Waals surface area contributed by atoms with Gasteiger partial charge in [0.25, 0.3) is 0 Å². The lowest BCUT2D eigenvalue weighted by atomic mass is 9.98. The Bertz CT molecular complexity index is 797. The third-order valence-electron chi connectivity index (χ3n) is 3.67. The molecule has 0 saturated heterocycles. The van der Waals surface area contributed by atoms with Crippen LogP contribution in [0.1, 0.15) is 12.0 Å². The Morgan fingerprint density at radius 2 is 1.88 bits per heavy atom. The second-order valence-corrected chi connectivity index (χ2v) is 5.34. The van der Waals surface area contributed by atoms with Gasteiger partial charge in [0.05, 0.1) is 13.2 Å². The van der Waals surface area contributed by atoms with Gasteiger partial charge in [-0.15, -0.1) is 0 Å².